The van der Waals surface area contributed by atoms with Crippen LogP contribution in [0.4, 0.5) is 0 Å². The van der Waals surface area contributed by atoms with E-state index >= 15 is 0 Å². The number of para-hydroxylation sites is 2. The second-order valence-electron chi connectivity index (χ2n) is 10.6. The van der Waals surface area contributed by atoms with Crippen LogP contribution in [0.1, 0.15) is 71.7 Å². The van der Waals surface area contributed by atoms with Gasteiger partial charge in [-0.05, 0) is 84.2 Å². The smallest absolute Gasteiger partial charge is 0.251 e. The third-order valence-corrected chi connectivity index (χ3v) is 7.47. The fourth-order valence-electron chi connectivity index (χ4n) is 4.69. The van der Waals surface area contributed by atoms with Crippen LogP contribution in [0.5, 0.6) is 0 Å². The summed E-state index contributed by atoms with van der Waals surface area (Å²) in [6.07, 6.45) is 2.91. The number of fused-ring (bicyclic) bond motifs is 1. The van der Waals surface area contributed by atoms with Crippen LogP contribution in [-0.4, -0.2) is 27.5 Å². The van der Waals surface area contributed by atoms with Gasteiger partial charge in [-0.2, -0.15) is 11.8 Å². The zero-order valence-electron chi connectivity index (χ0n) is 22.3. The van der Waals surface area contributed by atoms with Crippen LogP contribution in [0.2, 0.25) is 0 Å². The molecule has 1 N–H and O–H groups in total. The Hall–Kier alpha value is -3.05. The predicted molar refractivity (Wildman–Crippen MR) is 153 cm³/mol. The van der Waals surface area contributed by atoms with Crippen LogP contribution in [-0.2, 0) is 12.0 Å². The van der Waals surface area contributed by atoms with Crippen molar-refractivity contribution < 1.29 is 4.79 Å². The molecule has 0 fully saturated rings. The first-order valence-corrected chi connectivity index (χ1v) is 14.0. The molecule has 0 unspecified atom stereocenters. The summed E-state index contributed by atoms with van der Waals surface area (Å²) in [5.41, 5.74) is 8.06. The van der Waals surface area contributed by atoms with E-state index < -0.39 is 0 Å². The lowest BCUT2D eigenvalue weighted by atomic mass is 9.84. The van der Waals surface area contributed by atoms with Crippen molar-refractivity contribution in [2.24, 2.45) is 0 Å². The first-order chi connectivity index (χ1) is 17.2. The number of hydrogen-bond donors (Lipinski definition) is 1. The minimum Gasteiger partial charge on any atom is -0.342 e. The summed E-state index contributed by atoms with van der Waals surface area (Å²) in [6.45, 7) is 11.9. The maximum atomic E-state index is 13.2. The first kappa shape index (κ1) is 26.0. The van der Waals surface area contributed by atoms with Gasteiger partial charge in [0.15, 0.2) is 0 Å². The van der Waals surface area contributed by atoms with E-state index in [0.29, 0.717) is 5.56 Å². The van der Waals surface area contributed by atoms with Crippen LogP contribution in [0.15, 0.2) is 66.7 Å². The highest BCUT2D eigenvalue weighted by molar-refractivity contribution is 7.98. The number of amides is 1. The molecule has 36 heavy (non-hydrogen) atoms. The van der Waals surface area contributed by atoms with Gasteiger partial charge in [0.2, 0.25) is 0 Å². The van der Waals surface area contributed by atoms with Crippen molar-refractivity contribution in [1.82, 2.24) is 14.9 Å². The highest BCUT2D eigenvalue weighted by Gasteiger charge is 2.24. The Kier molecular flexibility index (Phi) is 7.89. The quantitative estimate of drug-likeness (QED) is 0.278. The largest absolute Gasteiger partial charge is 0.342 e. The van der Waals surface area contributed by atoms with Gasteiger partial charge in [-0.15, -0.1) is 0 Å². The van der Waals surface area contributed by atoms with Crippen molar-refractivity contribution in [3.05, 3.63) is 100 Å². The Morgan fingerprint density at radius 3 is 2.28 bits per heavy atom. The lowest BCUT2D eigenvalue weighted by Crippen LogP contribution is -2.31. The van der Waals surface area contributed by atoms with E-state index in [4.69, 9.17) is 4.98 Å². The van der Waals surface area contributed by atoms with Gasteiger partial charge in [0.1, 0.15) is 5.82 Å². The first-order valence-electron chi connectivity index (χ1n) is 12.6. The summed E-state index contributed by atoms with van der Waals surface area (Å²) in [6, 6.07) is 22.2. The number of carbonyl (C=O) groups is 1. The Bertz CT molecular complexity index is 1330. The van der Waals surface area contributed by atoms with Crippen molar-refractivity contribution in [2.75, 3.05) is 12.0 Å². The molecule has 188 valence electrons. The highest BCUT2D eigenvalue weighted by Crippen LogP contribution is 2.30. The van der Waals surface area contributed by atoms with Crippen LogP contribution in [0.25, 0.3) is 11.0 Å². The zero-order chi connectivity index (χ0) is 25.9. The van der Waals surface area contributed by atoms with E-state index in [1.165, 1.54) is 22.3 Å². The molecule has 4 nitrogen and oxygen atoms in total. The van der Waals surface area contributed by atoms with Gasteiger partial charge in [-0.1, -0.05) is 63.2 Å². The summed E-state index contributed by atoms with van der Waals surface area (Å²) < 4.78 is 2.30. The molecule has 0 saturated carbocycles. The van der Waals surface area contributed by atoms with Gasteiger partial charge in [0.25, 0.3) is 5.91 Å². The topological polar surface area (TPSA) is 46.9 Å². The van der Waals surface area contributed by atoms with Crippen molar-refractivity contribution in [3.63, 3.8) is 0 Å². The van der Waals surface area contributed by atoms with E-state index in [9.17, 15) is 4.79 Å². The number of nitrogens with one attached hydrogen (secondary N) is 1. The summed E-state index contributed by atoms with van der Waals surface area (Å²) in [4.78, 5) is 18.2. The molecule has 0 bridgehead atoms. The molecule has 0 saturated heterocycles. The maximum Gasteiger partial charge on any atom is 0.251 e. The maximum absolute atomic E-state index is 13.2. The standard InChI is InChI=1S/C31H37N3OS/c1-21-18-24(31(3,4)5)19-22(2)25(21)20-34-28-15-11-10-14-26(28)32-29(34)27(16-17-36-6)33-30(35)23-12-8-7-9-13-23/h7-15,18-19,27H,16-17,20H2,1-6H3,(H,33,35)/t27-/m1/s1. The van der Waals surface area contributed by atoms with Crippen LogP contribution in [0, 0.1) is 13.8 Å². The minimum absolute atomic E-state index is 0.0674. The molecule has 1 heterocycles. The van der Waals surface area contributed by atoms with Gasteiger partial charge in [0.05, 0.1) is 17.1 Å². The fourth-order valence-corrected chi connectivity index (χ4v) is 5.16. The van der Waals surface area contributed by atoms with Crippen molar-refractivity contribution in [3.8, 4) is 0 Å². The number of aryl methyl sites for hydroxylation is 2. The van der Waals surface area contributed by atoms with Gasteiger partial charge >= 0.3 is 0 Å². The van der Waals surface area contributed by atoms with E-state index in [0.717, 1.165) is 35.6 Å². The number of imidazole rings is 1. The molecule has 0 aliphatic rings. The molecule has 1 atom stereocenters. The third-order valence-electron chi connectivity index (χ3n) is 6.83. The molecule has 1 aromatic heterocycles. The number of hydrogen-bond acceptors (Lipinski definition) is 3. The van der Waals surface area contributed by atoms with Gasteiger partial charge in [0, 0.05) is 12.1 Å². The minimum atomic E-state index is -0.188. The van der Waals surface area contributed by atoms with Crippen LogP contribution in [0.3, 0.4) is 0 Å². The fraction of sp³-hybridized carbons (Fsp3) is 0.355. The summed E-state index contributed by atoms with van der Waals surface area (Å²) in [5, 5.41) is 3.29. The third kappa shape index (κ3) is 5.67. The molecule has 0 radical (unpaired) electrons. The molecule has 3 aromatic carbocycles. The van der Waals surface area contributed by atoms with E-state index in [-0.39, 0.29) is 17.4 Å². The van der Waals surface area contributed by atoms with Gasteiger partial charge in [-0.3, -0.25) is 4.79 Å². The summed E-state index contributed by atoms with van der Waals surface area (Å²) >= 11 is 1.78. The number of carbonyl (C=O) groups excluding carboxylic acids is 1. The Morgan fingerprint density at radius 2 is 1.64 bits per heavy atom. The molecule has 4 rings (SSSR count). The number of nitrogens with zero attached hydrogens (tertiary/aromatic N) is 2. The second-order valence-corrected chi connectivity index (χ2v) is 11.5. The number of rotatable bonds is 8. The lowest BCUT2D eigenvalue weighted by molar-refractivity contribution is 0.0933. The summed E-state index contributed by atoms with van der Waals surface area (Å²) in [5.74, 6) is 1.77. The van der Waals surface area contributed by atoms with Crippen LogP contribution < -0.4 is 5.32 Å². The number of thioether (sulfide) groups is 1. The Balaban J connectivity index is 1.78. The monoisotopic (exact) mass is 499 g/mol. The average molecular weight is 500 g/mol. The molecule has 4 aromatic rings. The lowest BCUT2D eigenvalue weighted by Gasteiger charge is -2.24. The number of aromatic nitrogens is 2. The molecule has 1 amide bonds. The molecule has 0 spiro atoms. The Morgan fingerprint density at radius 1 is 1.00 bits per heavy atom. The molecule has 0 aliphatic carbocycles. The molecular formula is C31H37N3OS. The van der Waals surface area contributed by atoms with Crippen molar-refractivity contribution in [1.29, 1.82) is 0 Å². The van der Waals surface area contributed by atoms with Crippen LogP contribution >= 0.6 is 11.8 Å². The SMILES string of the molecule is CSCC[C@@H](NC(=O)c1ccccc1)c1nc2ccccc2n1Cc1c(C)cc(C(C)(C)C)cc1C. The average Bonchev–Trinajstić information content (AvgIpc) is 3.22. The molecular weight excluding hydrogens is 462 g/mol. The highest BCUT2D eigenvalue weighted by atomic mass is 32.2. The van der Waals surface area contributed by atoms with Crippen molar-refractivity contribution >= 4 is 28.7 Å². The van der Waals surface area contributed by atoms with Crippen molar-refractivity contribution in [2.45, 2.75) is 59.0 Å². The normalized spacial score (nSPS) is 12.6. The van der Waals surface area contributed by atoms with Gasteiger partial charge < -0.3 is 9.88 Å². The number of benzene rings is 3. The predicted octanol–water partition coefficient (Wildman–Crippen LogP) is 7.22. The zero-order valence-corrected chi connectivity index (χ0v) is 23.1. The van der Waals surface area contributed by atoms with E-state index in [1.807, 2.05) is 36.4 Å². The van der Waals surface area contributed by atoms with Gasteiger partial charge in [-0.25, -0.2) is 4.98 Å². The summed E-state index contributed by atoms with van der Waals surface area (Å²) in [7, 11) is 0. The molecule has 5 heteroatoms. The molecule has 0 aliphatic heterocycles. The van der Waals surface area contributed by atoms with E-state index in [2.05, 4.69) is 81.1 Å². The van der Waals surface area contributed by atoms with E-state index in [1.54, 1.807) is 11.8 Å². The Labute approximate surface area is 219 Å². The second kappa shape index (κ2) is 10.9.